The maximum Gasteiger partial charge on any atom is 0.220 e. The topological polar surface area (TPSA) is 178 Å². The van der Waals surface area contributed by atoms with Crippen LogP contribution >= 0.6 is 23.2 Å². The molecule has 10 nitrogen and oxygen atoms in total. The summed E-state index contributed by atoms with van der Waals surface area (Å²) in [5.41, 5.74) is 24.8. The van der Waals surface area contributed by atoms with E-state index in [0.29, 0.717) is 27.8 Å². The fourth-order valence-corrected chi connectivity index (χ4v) is 2.49. The number of nitrogens with one attached hydrogen (secondary N) is 2. The normalized spacial score (nSPS) is 14.3. The lowest BCUT2D eigenvalue weighted by molar-refractivity contribution is 0.683. The van der Waals surface area contributed by atoms with E-state index in [9.17, 15) is 0 Å². The molecule has 0 amide bonds. The summed E-state index contributed by atoms with van der Waals surface area (Å²) >= 11 is 11.7. The van der Waals surface area contributed by atoms with Gasteiger partial charge in [-0.3, -0.25) is 0 Å². The van der Waals surface area contributed by atoms with E-state index >= 15 is 0 Å². The molecule has 0 fully saturated rings. The zero-order chi connectivity index (χ0) is 22.8. The lowest BCUT2D eigenvalue weighted by atomic mass is 10.3. The number of nitrogens with two attached hydrogens (primary N) is 4. The first kappa shape index (κ1) is 23.8. The molecular formula is C19H24Cl2N10. The van der Waals surface area contributed by atoms with Crippen molar-refractivity contribution in [3.05, 3.63) is 58.6 Å². The van der Waals surface area contributed by atoms with Gasteiger partial charge >= 0.3 is 0 Å². The second kappa shape index (κ2) is 11.6. The Morgan fingerprint density at radius 2 is 1.10 bits per heavy atom. The molecular weight excluding hydrogens is 439 g/mol. The molecule has 0 atom stereocenters. The van der Waals surface area contributed by atoms with Crippen LogP contribution in [0, 0.1) is 0 Å². The van der Waals surface area contributed by atoms with Crippen LogP contribution in [0.4, 0.5) is 11.4 Å². The van der Waals surface area contributed by atoms with Crippen LogP contribution < -0.4 is 33.6 Å². The van der Waals surface area contributed by atoms with Gasteiger partial charge in [-0.25, -0.2) is 9.98 Å². The maximum atomic E-state index is 5.85. The highest BCUT2D eigenvalue weighted by Crippen LogP contribution is 2.13. The van der Waals surface area contributed by atoms with Gasteiger partial charge in [0.15, 0.2) is 0 Å². The van der Waals surface area contributed by atoms with Gasteiger partial charge in [0.2, 0.25) is 23.8 Å². The lowest BCUT2D eigenvalue weighted by Crippen LogP contribution is -2.28. The first-order valence-corrected chi connectivity index (χ1v) is 9.90. The predicted molar refractivity (Wildman–Crippen MR) is 131 cm³/mol. The van der Waals surface area contributed by atoms with E-state index in [-0.39, 0.29) is 23.8 Å². The molecule has 0 aromatic heterocycles. The van der Waals surface area contributed by atoms with Gasteiger partial charge in [-0.1, -0.05) is 30.1 Å². The van der Waals surface area contributed by atoms with E-state index in [2.05, 4.69) is 30.6 Å². The maximum absolute atomic E-state index is 5.85. The Morgan fingerprint density at radius 3 is 1.42 bits per heavy atom. The molecule has 0 aliphatic heterocycles. The van der Waals surface area contributed by atoms with Crippen LogP contribution in [0.25, 0.3) is 0 Å². The minimum atomic E-state index is -0.612. The zero-order valence-corrected chi connectivity index (χ0v) is 18.3. The van der Waals surface area contributed by atoms with Crippen LogP contribution in [0.1, 0.15) is 13.3 Å². The largest absolute Gasteiger partial charge is 0.369 e. The van der Waals surface area contributed by atoms with Crippen molar-refractivity contribution < 1.29 is 0 Å². The summed E-state index contributed by atoms with van der Waals surface area (Å²) in [6.45, 7) is 1.86. The van der Waals surface area contributed by atoms with E-state index in [1.807, 2.05) is 6.92 Å². The molecule has 0 aliphatic rings. The van der Waals surface area contributed by atoms with Gasteiger partial charge in [0.05, 0.1) is 0 Å². The standard InChI is InChI=1S/C19H24Cl2N10/c1-2-15(28-18(24)30-16(22)26-13-7-3-11(20)4-8-13)29-19(25)31-17(23)27-14-9-5-12(21)6-10-14/h3-10,15H,2H2,1H3,(H5,22,24,26,28,30)(H5,23,25,27,29,31). The molecule has 164 valence electrons. The third kappa shape index (κ3) is 8.81. The number of halogens is 2. The smallest absolute Gasteiger partial charge is 0.220 e. The molecule has 0 bridgehead atoms. The van der Waals surface area contributed by atoms with Gasteiger partial charge in [-0.2, -0.15) is 9.98 Å². The number of hydrogen-bond acceptors (Lipinski definition) is 2. The second-order valence-electron chi connectivity index (χ2n) is 6.12. The summed E-state index contributed by atoms with van der Waals surface area (Å²) in [7, 11) is 0. The molecule has 0 unspecified atom stereocenters. The van der Waals surface area contributed by atoms with Gasteiger partial charge < -0.3 is 33.6 Å². The first-order valence-electron chi connectivity index (χ1n) is 9.15. The fourth-order valence-electron chi connectivity index (χ4n) is 2.24. The molecule has 2 aromatic rings. The van der Waals surface area contributed by atoms with Crippen molar-refractivity contribution >= 4 is 58.4 Å². The van der Waals surface area contributed by atoms with Crippen molar-refractivity contribution in [3.63, 3.8) is 0 Å². The second-order valence-corrected chi connectivity index (χ2v) is 6.99. The number of aliphatic imine (C=N–C) groups is 4. The molecule has 2 rings (SSSR count). The molecule has 0 radical (unpaired) electrons. The van der Waals surface area contributed by atoms with Crippen LogP contribution in [0.3, 0.4) is 0 Å². The van der Waals surface area contributed by atoms with Crippen molar-refractivity contribution in [2.45, 2.75) is 19.5 Å². The molecule has 31 heavy (non-hydrogen) atoms. The van der Waals surface area contributed by atoms with E-state index in [1.54, 1.807) is 48.5 Å². The van der Waals surface area contributed by atoms with Crippen molar-refractivity contribution in [2.75, 3.05) is 10.6 Å². The van der Waals surface area contributed by atoms with E-state index in [1.165, 1.54) is 0 Å². The van der Waals surface area contributed by atoms with Gasteiger partial charge in [-0.05, 0) is 55.0 Å². The van der Waals surface area contributed by atoms with Gasteiger partial charge in [0, 0.05) is 21.4 Å². The Hall–Kier alpha value is -3.50. The monoisotopic (exact) mass is 462 g/mol. The Balaban J connectivity index is 2.03. The highest BCUT2D eigenvalue weighted by Gasteiger charge is 2.05. The van der Waals surface area contributed by atoms with Crippen LogP contribution in [-0.4, -0.2) is 30.0 Å². The van der Waals surface area contributed by atoms with Crippen LogP contribution in [-0.2, 0) is 0 Å². The number of hydrogen-bond donors (Lipinski definition) is 6. The molecule has 0 heterocycles. The van der Waals surface area contributed by atoms with Crippen molar-refractivity contribution in [1.29, 1.82) is 0 Å². The quantitative estimate of drug-likeness (QED) is 0.293. The molecule has 10 N–H and O–H groups in total. The summed E-state index contributed by atoms with van der Waals surface area (Å²) in [6.07, 6.45) is -0.110. The summed E-state index contributed by atoms with van der Waals surface area (Å²) in [6, 6.07) is 13.9. The summed E-state index contributed by atoms with van der Waals surface area (Å²) in [5.74, 6) is -0.0215. The highest BCUT2D eigenvalue weighted by atomic mass is 35.5. The molecule has 0 spiro atoms. The fraction of sp³-hybridized carbons (Fsp3) is 0.158. The summed E-state index contributed by atoms with van der Waals surface area (Å²) in [4.78, 5) is 16.4. The third-order valence-electron chi connectivity index (χ3n) is 3.63. The molecule has 0 aliphatic carbocycles. The number of anilines is 2. The zero-order valence-electron chi connectivity index (χ0n) is 16.8. The minimum absolute atomic E-state index is 0.0600. The third-order valence-corrected chi connectivity index (χ3v) is 4.13. The van der Waals surface area contributed by atoms with Crippen molar-refractivity contribution in [2.24, 2.45) is 42.9 Å². The average Bonchev–Trinajstić information content (AvgIpc) is 2.70. The minimum Gasteiger partial charge on any atom is -0.369 e. The number of nitrogens with zero attached hydrogens (tertiary/aromatic N) is 4. The Kier molecular flexibility index (Phi) is 8.92. The van der Waals surface area contributed by atoms with E-state index in [0.717, 1.165) is 0 Å². The number of rotatable bonds is 5. The molecule has 0 saturated carbocycles. The Labute approximate surface area is 190 Å². The summed E-state index contributed by atoms with van der Waals surface area (Å²) < 4.78 is 0. The van der Waals surface area contributed by atoms with Gasteiger partial charge in [0.25, 0.3) is 0 Å². The Morgan fingerprint density at radius 1 is 0.742 bits per heavy atom. The van der Waals surface area contributed by atoms with E-state index in [4.69, 9.17) is 46.1 Å². The average molecular weight is 463 g/mol. The highest BCUT2D eigenvalue weighted by molar-refractivity contribution is 6.31. The molecule has 0 saturated heterocycles. The predicted octanol–water partition coefficient (Wildman–Crippen LogP) is 2.51. The van der Waals surface area contributed by atoms with Crippen LogP contribution in [0.2, 0.25) is 10.0 Å². The van der Waals surface area contributed by atoms with Gasteiger partial charge in [-0.15, -0.1) is 0 Å². The number of benzene rings is 2. The SMILES string of the molecule is CCC(N=C(N)N=C(N)Nc1ccc(Cl)cc1)N=C(N)N=C(N)Nc1ccc(Cl)cc1. The molecule has 2 aromatic carbocycles. The van der Waals surface area contributed by atoms with Crippen molar-refractivity contribution in [3.8, 4) is 0 Å². The molecule has 12 heteroatoms. The number of guanidine groups is 4. The van der Waals surface area contributed by atoms with Crippen LogP contribution in [0.15, 0.2) is 68.5 Å². The first-order chi connectivity index (χ1) is 14.7. The van der Waals surface area contributed by atoms with Crippen LogP contribution in [0.5, 0.6) is 0 Å². The van der Waals surface area contributed by atoms with Gasteiger partial charge in [0.1, 0.15) is 6.17 Å². The van der Waals surface area contributed by atoms with E-state index < -0.39 is 6.17 Å². The lowest BCUT2D eigenvalue weighted by Gasteiger charge is -2.08. The van der Waals surface area contributed by atoms with Crippen molar-refractivity contribution in [1.82, 2.24) is 0 Å². The Bertz CT molecular complexity index is 902. The summed E-state index contributed by atoms with van der Waals surface area (Å²) in [5, 5.41) is 6.97.